The Labute approximate surface area is 166 Å². The zero-order valence-electron chi connectivity index (χ0n) is 16.7. The van der Waals surface area contributed by atoms with Crippen molar-refractivity contribution in [1.29, 1.82) is 0 Å². The van der Waals surface area contributed by atoms with Crippen LogP contribution in [0.4, 0.5) is 0 Å². The number of hydrogen-bond donors (Lipinski definition) is 2. The van der Waals surface area contributed by atoms with Crippen LogP contribution in [0.15, 0.2) is 48.5 Å². The average molecular weight is 380 g/mol. The molecule has 1 heterocycles. The van der Waals surface area contributed by atoms with Crippen LogP contribution in [-0.2, 0) is 13.0 Å². The molecule has 1 atom stereocenters. The molecule has 0 spiro atoms. The van der Waals surface area contributed by atoms with Crippen LogP contribution in [0, 0.1) is 5.41 Å². The first-order valence-electron chi connectivity index (χ1n) is 9.67. The molecule has 0 aromatic heterocycles. The third-order valence-corrected chi connectivity index (χ3v) is 5.37. The number of fused-ring (bicyclic) bond motifs is 1. The topological polar surface area (TPSA) is 69.6 Å². The molecule has 0 radical (unpaired) electrons. The van der Waals surface area contributed by atoms with Crippen LogP contribution in [0.5, 0.6) is 0 Å². The molecule has 0 bridgehead atoms. The summed E-state index contributed by atoms with van der Waals surface area (Å²) < 4.78 is 0. The van der Waals surface area contributed by atoms with Gasteiger partial charge in [0, 0.05) is 31.2 Å². The molecular weight excluding hydrogens is 352 g/mol. The fourth-order valence-electron chi connectivity index (χ4n) is 3.54. The Bertz CT molecular complexity index is 870. The Kier molecular flexibility index (Phi) is 5.84. The lowest BCUT2D eigenvalue weighted by atomic mass is 9.85. The SMILES string of the molecule is CC(C)(C)C(CN1CCc2ccccc2C1)NC(=O)c1cccc(C(=O)O)c1. The molecule has 3 rings (SSSR count). The van der Waals surface area contributed by atoms with Gasteiger partial charge in [0.1, 0.15) is 0 Å². The maximum absolute atomic E-state index is 12.8. The quantitative estimate of drug-likeness (QED) is 0.832. The molecule has 1 unspecified atom stereocenters. The molecule has 2 aromatic rings. The Morgan fingerprint density at radius 3 is 2.43 bits per heavy atom. The van der Waals surface area contributed by atoms with Crippen molar-refractivity contribution in [3.8, 4) is 0 Å². The normalized spacial score (nSPS) is 15.5. The Hall–Kier alpha value is -2.66. The van der Waals surface area contributed by atoms with Crippen LogP contribution in [0.3, 0.4) is 0 Å². The zero-order valence-corrected chi connectivity index (χ0v) is 16.7. The summed E-state index contributed by atoms with van der Waals surface area (Å²) >= 11 is 0. The van der Waals surface area contributed by atoms with E-state index in [1.807, 2.05) is 0 Å². The van der Waals surface area contributed by atoms with Crippen LogP contribution < -0.4 is 5.32 Å². The lowest BCUT2D eigenvalue weighted by molar-refractivity contribution is 0.0697. The van der Waals surface area contributed by atoms with E-state index in [2.05, 4.69) is 55.3 Å². The largest absolute Gasteiger partial charge is 0.478 e. The van der Waals surface area contributed by atoms with Gasteiger partial charge >= 0.3 is 5.97 Å². The summed E-state index contributed by atoms with van der Waals surface area (Å²) in [5.74, 6) is -1.27. The maximum atomic E-state index is 12.8. The molecule has 5 nitrogen and oxygen atoms in total. The molecule has 0 saturated carbocycles. The van der Waals surface area contributed by atoms with E-state index < -0.39 is 5.97 Å². The number of benzene rings is 2. The number of carboxylic acids is 1. The summed E-state index contributed by atoms with van der Waals surface area (Å²) in [5.41, 5.74) is 3.12. The number of hydrogen-bond acceptors (Lipinski definition) is 3. The van der Waals surface area contributed by atoms with E-state index in [4.69, 9.17) is 5.11 Å². The smallest absolute Gasteiger partial charge is 0.335 e. The molecule has 148 valence electrons. The molecule has 1 aliphatic heterocycles. The van der Waals surface area contributed by atoms with Crippen LogP contribution in [0.1, 0.15) is 52.6 Å². The van der Waals surface area contributed by atoms with E-state index in [1.54, 1.807) is 12.1 Å². The first kappa shape index (κ1) is 20.1. The van der Waals surface area contributed by atoms with Gasteiger partial charge in [0.25, 0.3) is 5.91 Å². The summed E-state index contributed by atoms with van der Waals surface area (Å²) in [5, 5.41) is 12.3. The van der Waals surface area contributed by atoms with E-state index in [9.17, 15) is 9.59 Å². The van der Waals surface area contributed by atoms with Gasteiger partial charge in [0.15, 0.2) is 0 Å². The molecule has 1 aliphatic rings. The third-order valence-electron chi connectivity index (χ3n) is 5.37. The molecule has 2 aromatic carbocycles. The minimum atomic E-state index is -1.03. The van der Waals surface area contributed by atoms with Crippen molar-refractivity contribution < 1.29 is 14.7 Å². The van der Waals surface area contributed by atoms with Gasteiger partial charge in [-0.15, -0.1) is 0 Å². The number of carboxylic acid groups (broad SMARTS) is 1. The fraction of sp³-hybridized carbons (Fsp3) is 0.391. The molecule has 0 saturated heterocycles. The Balaban J connectivity index is 1.72. The van der Waals surface area contributed by atoms with Crippen LogP contribution in [0.25, 0.3) is 0 Å². The van der Waals surface area contributed by atoms with Gasteiger partial charge in [-0.25, -0.2) is 4.79 Å². The van der Waals surface area contributed by atoms with E-state index in [-0.39, 0.29) is 22.9 Å². The van der Waals surface area contributed by atoms with E-state index in [0.717, 1.165) is 26.1 Å². The van der Waals surface area contributed by atoms with Crippen molar-refractivity contribution in [3.63, 3.8) is 0 Å². The van der Waals surface area contributed by atoms with Gasteiger partial charge in [-0.2, -0.15) is 0 Å². The second kappa shape index (κ2) is 8.15. The molecule has 0 aliphatic carbocycles. The summed E-state index contributed by atoms with van der Waals surface area (Å²) in [4.78, 5) is 26.4. The van der Waals surface area contributed by atoms with Crippen molar-refractivity contribution in [1.82, 2.24) is 10.2 Å². The first-order chi connectivity index (χ1) is 13.2. The number of carbonyl (C=O) groups excluding carboxylic acids is 1. The summed E-state index contributed by atoms with van der Waals surface area (Å²) in [7, 11) is 0. The number of nitrogens with zero attached hydrogens (tertiary/aromatic N) is 1. The molecule has 1 amide bonds. The average Bonchev–Trinajstić information content (AvgIpc) is 2.66. The molecule has 28 heavy (non-hydrogen) atoms. The van der Waals surface area contributed by atoms with Gasteiger partial charge in [-0.05, 0) is 41.2 Å². The Morgan fingerprint density at radius 1 is 1.07 bits per heavy atom. The van der Waals surface area contributed by atoms with Crippen molar-refractivity contribution in [2.45, 2.75) is 39.8 Å². The fourth-order valence-corrected chi connectivity index (χ4v) is 3.54. The standard InChI is InChI=1S/C23H28N2O3/c1-23(2,3)20(15-25-12-11-16-7-4-5-8-19(16)14-25)24-21(26)17-9-6-10-18(13-17)22(27)28/h4-10,13,20H,11-12,14-15H2,1-3H3,(H,24,26)(H,27,28). The molecular formula is C23H28N2O3. The number of amides is 1. The lowest BCUT2D eigenvalue weighted by Gasteiger charge is -2.38. The number of rotatable bonds is 5. The van der Waals surface area contributed by atoms with Gasteiger partial charge < -0.3 is 10.4 Å². The van der Waals surface area contributed by atoms with E-state index >= 15 is 0 Å². The van der Waals surface area contributed by atoms with Crippen LogP contribution in [-0.4, -0.2) is 41.0 Å². The highest BCUT2D eigenvalue weighted by Crippen LogP contribution is 2.24. The monoisotopic (exact) mass is 380 g/mol. The van der Waals surface area contributed by atoms with E-state index in [0.29, 0.717) is 5.56 Å². The van der Waals surface area contributed by atoms with Crippen molar-refractivity contribution >= 4 is 11.9 Å². The van der Waals surface area contributed by atoms with Gasteiger partial charge in [0.05, 0.1) is 5.56 Å². The van der Waals surface area contributed by atoms with Gasteiger partial charge in [0.2, 0.25) is 0 Å². The van der Waals surface area contributed by atoms with Crippen molar-refractivity contribution in [2.24, 2.45) is 5.41 Å². The second-order valence-electron chi connectivity index (χ2n) is 8.53. The predicted octanol–water partition coefficient (Wildman–Crippen LogP) is 3.59. The molecule has 5 heteroatoms. The molecule has 0 fully saturated rings. The highest BCUT2D eigenvalue weighted by atomic mass is 16.4. The van der Waals surface area contributed by atoms with E-state index in [1.165, 1.54) is 23.3 Å². The maximum Gasteiger partial charge on any atom is 0.335 e. The molecule has 2 N–H and O–H groups in total. The van der Waals surface area contributed by atoms with Gasteiger partial charge in [-0.1, -0.05) is 51.1 Å². The minimum absolute atomic E-state index is 0.0567. The summed E-state index contributed by atoms with van der Waals surface area (Å²) in [6.45, 7) is 8.94. The van der Waals surface area contributed by atoms with Gasteiger partial charge in [-0.3, -0.25) is 9.69 Å². The van der Waals surface area contributed by atoms with Crippen LogP contribution in [0.2, 0.25) is 0 Å². The van der Waals surface area contributed by atoms with Crippen LogP contribution >= 0.6 is 0 Å². The third kappa shape index (κ3) is 4.78. The number of aromatic carboxylic acids is 1. The predicted molar refractivity (Wildman–Crippen MR) is 110 cm³/mol. The zero-order chi connectivity index (χ0) is 20.3. The summed E-state index contributed by atoms with van der Waals surface area (Å²) in [6.07, 6.45) is 1.02. The summed E-state index contributed by atoms with van der Waals surface area (Å²) in [6, 6.07) is 14.6. The van der Waals surface area contributed by atoms with Crippen molar-refractivity contribution in [3.05, 3.63) is 70.8 Å². The Morgan fingerprint density at radius 2 is 1.75 bits per heavy atom. The van der Waals surface area contributed by atoms with Crippen molar-refractivity contribution in [2.75, 3.05) is 13.1 Å². The highest BCUT2D eigenvalue weighted by molar-refractivity contribution is 5.97. The first-order valence-corrected chi connectivity index (χ1v) is 9.67. The number of nitrogens with one attached hydrogen (secondary N) is 1. The number of carbonyl (C=O) groups is 2. The lowest BCUT2D eigenvalue weighted by Crippen LogP contribution is -2.51. The minimum Gasteiger partial charge on any atom is -0.478 e. The highest BCUT2D eigenvalue weighted by Gasteiger charge is 2.30. The second-order valence-corrected chi connectivity index (χ2v) is 8.53.